The van der Waals surface area contributed by atoms with Crippen molar-refractivity contribution in [2.75, 3.05) is 0 Å². The molecule has 0 bridgehead atoms. The molecule has 1 aliphatic carbocycles. The van der Waals surface area contributed by atoms with E-state index in [0.29, 0.717) is 22.4 Å². The lowest BCUT2D eigenvalue weighted by Crippen LogP contribution is -2.43. The van der Waals surface area contributed by atoms with Gasteiger partial charge in [0.1, 0.15) is 11.6 Å². The molecule has 0 saturated heterocycles. The number of nitrogens with zero attached hydrogens (tertiary/aromatic N) is 3. The molecule has 3 aromatic rings. The first-order valence-electron chi connectivity index (χ1n) is 9.21. The molecular formula is C22H17N3O4. The van der Waals surface area contributed by atoms with Gasteiger partial charge in [-0.25, -0.2) is 9.79 Å². The van der Waals surface area contributed by atoms with Crippen molar-refractivity contribution in [2.24, 2.45) is 25.0 Å². The second-order valence-electron chi connectivity index (χ2n) is 7.40. The zero-order valence-electron chi connectivity index (χ0n) is 15.8. The van der Waals surface area contributed by atoms with Gasteiger partial charge >= 0.3 is 5.69 Å². The molecule has 2 atom stereocenters. The number of rotatable bonds is 1. The number of carbonyl (C=O) groups is 1. The number of Topliss-reactive ketones (excluding diaryl/α,β-unsaturated/α-hetero) is 1. The van der Waals surface area contributed by atoms with E-state index < -0.39 is 23.1 Å². The highest BCUT2D eigenvalue weighted by atomic mass is 16.3. The van der Waals surface area contributed by atoms with Crippen LogP contribution in [0.2, 0.25) is 0 Å². The third kappa shape index (κ3) is 2.24. The lowest BCUT2D eigenvalue weighted by Gasteiger charge is -2.29. The topological polar surface area (TPSA) is 93.7 Å². The Bertz CT molecular complexity index is 1350. The van der Waals surface area contributed by atoms with Crippen molar-refractivity contribution in [2.45, 2.75) is 5.92 Å². The summed E-state index contributed by atoms with van der Waals surface area (Å²) in [5.41, 5.74) is 1.94. The van der Waals surface area contributed by atoms with E-state index in [1.165, 1.54) is 23.7 Å². The Balaban J connectivity index is 1.90. The molecule has 7 heteroatoms. The van der Waals surface area contributed by atoms with Gasteiger partial charge in [0.15, 0.2) is 5.78 Å². The number of benzene rings is 2. The molecule has 1 aliphatic heterocycles. The Morgan fingerprint density at radius 3 is 2.21 bits per heavy atom. The number of phenolic OH excluding ortho intramolecular Hbond substituents is 1. The van der Waals surface area contributed by atoms with Crippen molar-refractivity contribution in [1.29, 1.82) is 0 Å². The first-order chi connectivity index (χ1) is 13.9. The van der Waals surface area contributed by atoms with E-state index in [1.807, 2.05) is 12.1 Å². The predicted molar refractivity (Wildman–Crippen MR) is 107 cm³/mol. The number of aromatic hydroxyl groups is 1. The zero-order chi connectivity index (χ0) is 20.4. The summed E-state index contributed by atoms with van der Waals surface area (Å²) >= 11 is 0. The molecule has 1 N–H and O–H groups in total. The maximum Gasteiger partial charge on any atom is 0.332 e. The number of aromatic nitrogens is 2. The Hall–Kier alpha value is -3.74. The second-order valence-corrected chi connectivity index (χ2v) is 7.40. The fraction of sp³-hybridized carbons (Fsp3) is 0.182. The van der Waals surface area contributed by atoms with Crippen LogP contribution < -0.4 is 11.2 Å². The molecule has 0 radical (unpaired) electrons. The van der Waals surface area contributed by atoms with Crippen molar-refractivity contribution in [3.05, 3.63) is 91.6 Å². The molecule has 2 heterocycles. The summed E-state index contributed by atoms with van der Waals surface area (Å²) in [5.74, 6) is -1.00. The van der Waals surface area contributed by atoms with Gasteiger partial charge in [-0.15, -0.1) is 0 Å². The monoisotopic (exact) mass is 387 g/mol. The van der Waals surface area contributed by atoms with Crippen molar-refractivity contribution >= 4 is 17.3 Å². The molecule has 5 rings (SSSR count). The third-order valence-electron chi connectivity index (χ3n) is 5.84. The van der Waals surface area contributed by atoms with Crippen LogP contribution in [0.4, 0.5) is 5.82 Å². The molecule has 7 nitrogen and oxygen atoms in total. The van der Waals surface area contributed by atoms with E-state index in [-0.39, 0.29) is 17.4 Å². The van der Waals surface area contributed by atoms with Crippen LogP contribution in [-0.4, -0.2) is 25.7 Å². The van der Waals surface area contributed by atoms with Gasteiger partial charge in [0.25, 0.3) is 5.56 Å². The molecule has 0 fully saturated rings. The first-order valence-corrected chi connectivity index (χ1v) is 9.21. The molecule has 144 valence electrons. The summed E-state index contributed by atoms with van der Waals surface area (Å²) in [6.45, 7) is 0. The summed E-state index contributed by atoms with van der Waals surface area (Å²) in [7, 11) is 2.99. The van der Waals surface area contributed by atoms with E-state index >= 15 is 0 Å². The highest BCUT2D eigenvalue weighted by Crippen LogP contribution is 2.46. The Morgan fingerprint density at radius 1 is 0.862 bits per heavy atom. The van der Waals surface area contributed by atoms with Gasteiger partial charge in [-0.2, -0.15) is 0 Å². The number of carbonyl (C=O) groups excluding carboxylic acids is 1. The molecule has 0 amide bonds. The van der Waals surface area contributed by atoms with E-state index in [4.69, 9.17) is 0 Å². The normalized spacial score (nSPS) is 19.4. The second kappa shape index (κ2) is 5.88. The van der Waals surface area contributed by atoms with Crippen molar-refractivity contribution in [3.8, 4) is 5.75 Å². The standard InChI is InChI=1S/C22H17N3O4/c1-24-20-17(21(28)25(2)22(24)29)15(11-7-9-12(26)10-8-11)16-18(23-20)13-5-3-4-6-14(13)19(16)27/h3-10,15-16,26H,1-2H3/t15-,16+/m0/s1. The molecule has 2 aromatic carbocycles. The SMILES string of the molecule is Cn1c2c(c(=O)n(C)c1=O)[C@@H](c1ccc(O)cc1)[C@H]1C(=O)c3ccccc3C1=N2. The number of fused-ring (bicyclic) bond motifs is 4. The highest BCUT2D eigenvalue weighted by Gasteiger charge is 2.47. The van der Waals surface area contributed by atoms with Gasteiger partial charge in [-0.3, -0.25) is 18.7 Å². The molecule has 0 spiro atoms. The van der Waals surface area contributed by atoms with Crippen LogP contribution >= 0.6 is 0 Å². The smallest absolute Gasteiger partial charge is 0.332 e. The number of phenols is 1. The van der Waals surface area contributed by atoms with Gasteiger partial charge in [0.05, 0.1) is 17.2 Å². The van der Waals surface area contributed by atoms with Crippen LogP contribution in [0.3, 0.4) is 0 Å². The van der Waals surface area contributed by atoms with Crippen LogP contribution in [0, 0.1) is 5.92 Å². The summed E-state index contributed by atoms with van der Waals surface area (Å²) in [6.07, 6.45) is 0. The quantitative estimate of drug-likeness (QED) is 0.690. The third-order valence-corrected chi connectivity index (χ3v) is 5.84. The molecule has 29 heavy (non-hydrogen) atoms. The van der Waals surface area contributed by atoms with E-state index in [9.17, 15) is 19.5 Å². The van der Waals surface area contributed by atoms with E-state index in [2.05, 4.69) is 4.99 Å². The summed E-state index contributed by atoms with van der Waals surface area (Å²) in [4.78, 5) is 43.6. The van der Waals surface area contributed by atoms with Crippen molar-refractivity contribution in [1.82, 2.24) is 9.13 Å². The van der Waals surface area contributed by atoms with Gasteiger partial charge < -0.3 is 5.11 Å². The van der Waals surface area contributed by atoms with Crippen LogP contribution in [0.15, 0.2) is 63.1 Å². The fourth-order valence-corrected chi connectivity index (χ4v) is 4.41. The van der Waals surface area contributed by atoms with Crippen molar-refractivity contribution in [3.63, 3.8) is 0 Å². The summed E-state index contributed by atoms with van der Waals surface area (Å²) in [5, 5.41) is 9.71. The lowest BCUT2D eigenvalue weighted by molar-refractivity contribution is 0.0953. The number of hydrogen-bond donors (Lipinski definition) is 1. The fourth-order valence-electron chi connectivity index (χ4n) is 4.41. The molecule has 1 aromatic heterocycles. The van der Waals surface area contributed by atoms with Crippen LogP contribution in [0.1, 0.15) is 33.0 Å². The van der Waals surface area contributed by atoms with E-state index in [1.54, 1.807) is 31.3 Å². The van der Waals surface area contributed by atoms with Gasteiger partial charge in [-0.1, -0.05) is 36.4 Å². The minimum absolute atomic E-state index is 0.0908. The Morgan fingerprint density at radius 2 is 1.52 bits per heavy atom. The zero-order valence-corrected chi connectivity index (χ0v) is 15.8. The van der Waals surface area contributed by atoms with Crippen LogP contribution in [-0.2, 0) is 14.1 Å². The van der Waals surface area contributed by atoms with Crippen LogP contribution in [0.25, 0.3) is 0 Å². The Labute approximate surface area is 165 Å². The van der Waals surface area contributed by atoms with Gasteiger partial charge in [0.2, 0.25) is 0 Å². The lowest BCUT2D eigenvalue weighted by atomic mass is 9.76. The largest absolute Gasteiger partial charge is 0.508 e. The average Bonchev–Trinajstić information content (AvgIpc) is 3.02. The molecule has 2 aliphatic rings. The number of aliphatic imine (C=N–C) groups is 1. The number of hydrogen-bond acceptors (Lipinski definition) is 5. The van der Waals surface area contributed by atoms with Crippen LogP contribution in [0.5, 0.6) is 5.75 Å². The number of ketones is 1. The first kappa shape index (κ1) is 17.4. The van der Waals surface area contributed by atoms with E-state index in [0.717, 1.165) is 10.1 Å². The highest BCUT2D eigenvalue weighted by molar-refractivity contribution is 6.30. The molecule has 0 saturated carbocycles. The van der Waals surface area contributed by atoms with Crippen molar-refractivity contribution < 1.29 is 9.90 Å². The maximum atomic E-state index is 13.3. The molecular weight excluding hydrogens is 370 g/mol. The Kier molecular flexibility index (Phi) is 3.52. The minimum atomic E-state index is -0.658. The predicted octanol–water partition coefficient (Wildman–Crippen LogP) is 1.87. The average molecular weight is 387 g/mol. The minimum Gasteiger partial charge on any atom is -0.508 e. The molecule has 0 unspecified atom stereocenters. The summed E-state index contributed by atoms with van der Waals surface area (Å²) < 4.78 is 2.39. The summed E-state index contributed by atoms with van der Waals surface area (Å²) in [6, 6.07) is 13.7. The maximum absolute atomic E-state index is 13.3. The van der Waals surface area contributed by atoms with Gasteiger partial charge in [-0.05, 0) is 17.7 Å². The van der Waals surface area contributed by atoms with Gasteiger partial charge in [0, 0.05) is 31.1 Å².